The lowest BCUT2D eigenvalue weighted by Crippen LogP contribution is -2.51. The van der Waals surface area contributed by atoms with Gasteiger partial charge in [-0.1, -0.05) is 26.0 Å². The van der Waals surface area contributed by atoms with E-state index in [4.69, 9.17) is 14.7 Å². The molecular formula is C19H25N3O4. The van der Waals surface area contributed by atoms with Gasteiger partial charge in [-0.25, -0.2) is 4.79 Å². The number of hydrogen-bond donors (Lipinski definition) is 0. The van der Waals surface area contributed by atoms with E-state index in [9.17, 15) is 9.59 Å². The minimum atomic E-state index is -0.320. The molecule has 0 saturated carbocycles. The Kier molecular flexibility index (Phi) is 7.27. The molecule has 0 aromatic heterocycles. The first-order valence-electron chi connectivity index (χ1n) is 8.77. The fraction of sp³-hybridized carbons (Fsp3) is 0.526. The molecule has 0 aliphatic carbocycles. The SMILES string of the molecule is CC(C)COC(=O)N1CCN(C(=O)COc2ccc(CC#N)cc2)CC1. The average molecular weight is 359 g/mol. The second-order valence-electron chi connectivity index (χ2n) is 6.61. The van der Waals surface area contributed by atoms with E-state index in [1.807, 2.05) is 26.0 Å². The van der Waals surface area contributed by atoms with Crippen molar-refractivity contribution in [2.45, 2.75) is 20.3 Å². The Bertz CT molecular complexity index is 644. The minimum absolute atomic E-state index is 0.0462. The van der Waals surface area contributed by atoms with Gasteiger partial charge in [-0.3, -0.25) is 4.79 Å². The summed E-state index contributed by atoms with van der Waals surface area (Å²) in [5, 5.41) is 8.65. The van der Waals surface area contributed by atoms with Gasteiger partial charge in [0, 0.05) is 26.2 Å². The molecule has 0 bridgehead atoms. The molecule has 1 aromatic carbocycles. The lowest BCUT2D eigenvalue weighted by Gasteiger charge is -2.34. The number of hydrogen-bond acceptors (Lipinski definition) is 5. The van der Waals surface area contributed by atoms with E-state index in [-0.39, 0.29) is 18.6 Å². The number of carbonyl (C=O) groups is 2. The van der Waals surface area contributed by atoms with E-state index in [2.05, 4.69) is 6.07 Å². The Labute approximate surface area is 154 Å². The Morgan fingerprint density at radius 1 is 1.12 bits per heavy atom. The highest BCUT2D eigenvalue weighted by Crippen LogP contribution is 2.13. The third kappa shape index (κ3) is 5.96. The molecule has 1 saturated heterocycles. The zero-order valence-electron chi connectivity index (χ0n) is 15.3. The first kappa shape index (κ1) is 19.6. The molecule has 0 N–H and O–H groups in total. The van der Waals surface area contributed by atoms with E-state index in [0.29, 0.717) is 50.9 Å². The van der Waals surface area contributed by atoms with Gasteiger partial charge in [0.25, 0.3) is 5.91 Å². The standard InChI is InChI=1S/C19H25N3O4/c1-15(2)13-26-19(24)22-11-9-21(10-12-22)18(23)14-25-17-5-3-16(4-6-17)7-8-20/h3-6,15H,7,9-14H2,1-2H3. The highest BCUT2D eigenvalue weighted by atomic mass is 16.6. The van der Waals surface area contributed by atoms with Gasteiger partial charge >= 0.3 is 6.09 Å². The number of carbonyl (C=O) groups excluding carboxylic acids is 2. The second-order valence-corrected chi connectivity index (χ2v) is 6.61. The van der Waals surface area contributed by atoms with Crippen molar-refractivity contribution in [2.24, 2.45) is 5.92 Å². The first-order chi connectivity index (χ1) is 12.5. The van der Waals surface area contributed by atoms with Gasteiger partial charge in [0.15, 0.2) is 6.61 Å². The van der Waals surface area contributed by atoms with E-state index in [0.717, 1.165) is 5.56 Å². The van der Waals surface area contributed by atoms with Crippen LogP contribution in [0, 0.1) is 17.2 Å². The van der Waals surface area contributed by atoms with Crippen molar-refractivity contribution in [3.05, 3.63) is 29.8 Å². The van der Waals surface area contributed by atoms with Gasteiger partial charge in [-0.05, 0) is 23.6 Å². The maximum absolute atomic E-state index is 12.3. The predicted octanol–water partition coefficient (Wildman–Crippen LogP) is 2.07. The van der Waals surface area contributed by atoms with E-state index in [1.165, 1.54) is 0 Å². The van der Waals surface area contributed by atoms with Crippen LogP contribution in [0.5, 0.6) is 5.75 Å². The highest BCUT2D eigenvalue weighted by molar-refractivity contribution is 5.78. The van der Waals surface area contributed by atoms with Crippen LogP contribution in [0.2, 0.25) is 0 Å². The smallest absolute Gasteiger partial charge is 0.409 e. The molecule has 1 aliphatic rings. The average Bonchev–Trinajstić information content (AvgIpc) is 2.65. The zero-order valence-corrected chi connectivity index (χ0v) is 15.3. The fourth-order valence-electron chi connectivity index (χ4n) is 2.50. The number of nitrogens with zero attached hydrogens (tertiary/aromatic N) is 3. The van der Waals surface area contributed by atoms with Gasteiger partial charge in [0.2, 0.25) is 0 Å². The summed E-state index contributed by atoms with van der Waals surface area (Å²) in [6.07, 6.45) is 0.0304. The van der Waals surface area contributed by atoms with Crippen LogP contribution in [-0.4, -0.2) is 61.2 Å². The summed E-state index contributed by atoms with van der Waals surface area (Å²) < 4.78 is 10.7. The van der Waals surface area contributed by atoms with Crippen molar-refractivity contribution in [3.63, 3.8) is 0 Å². The Balaban J connectivity index is 1.72. The molecule has 0 spiro atoms. The third-order valence-corrected chi connectivity index (χ3v) is 4.00. The molecule has 1 heterocycles. The molecule has 26 heavy (non-hydrogen) atoms. The van der Waals surface area contributed by atoms with Crippen molar-refractivity contribution in [1.29, 1.82) is 5.26 Å². The summed E-state index contributed by atoms with van der Waals surface area (Å²) in [7, 11) is 0. The van der Waals surface area contributed by atoms with Crippen LogP contribution in [0.25, 0.3) is 0 Å². The predicted molar refractivity (Wildman–Crippen MR) is 95.6 cm³/mol. The third-order valence-electron chi connectivity index (χ3n) is 4.00. The maximum atomic E-state index is 12.3. The summed E-state index contributed by atoms with van der Waals surface area (Å²) in [5.41, 5.74) is 0.909. The van der Waals surface area contributed by atoms with Crippen LogP contribution in [0.3, 0.4) is 0 Å². The Hall–Kier alpha value is -2.75. The summed E-state index contributed by atoms with van der Waals surface area (Å²) >= 11 is 0. The molecule has 0 radical (unpaired) electrons. The van der Waals surface area contributed by atoms with Gasteiger partial charge in [-0.2, -0.15) is 5.26 Å². The summed E-state index contributed by atoms with van der Waals surface area (Å²) in [6.45, 7) is 6.20. The molecule has 7 nitrogen and oxygen atoms in total. The van der Waals surface area contributed by atoms with Crippen molar-refractivity contribution in [3.8, 4) is 11.8 Å². The van der Waals surface area contributed by atoms with E-state index in [1.54, 1.807) is 21.9 Å². The number of amides is 2. The molecule has 1 aromatic rings. The summed E-state index contributed by atoms with van der Waals surface area (Å²) in [6, 6.07) is 9.21. The topological polar surface area (TPSA) is 82.9 Å². The van der Waals surface area contributed by atoms with Crippen molar-refractivity contribution >= 4 is 12.0 Å². The zero-order chi connectivity index (χ0) is 18.9. The summed E-state index contributed by atoms with van der Waals surface area (Å²) in [5.74, 6) is 0.783. The number of ether oxygens (including phenoxy) is 2. The molecule has 2 rings (SSSR count). The first-order valence-corrected chi connectivity index (χ1v) is 8.77. The Morgan fingerprint density at radius 2 is 1.73 bits per heavy atom. The number of benzene rings is 1. The number of rotatable bonds is 6. The number of nitriles is 1. The molecule has 0 atom stereocenters. The maximum Gasteiger partial charge on any atom is 0.409 e. The van der Waals surface area contributed by atoms with Gasteiger partial charge in [0.05, 0.1) is 19.1 Å². The monoisotopic (exact) mass is 359 g/mol. The minimum Gasteiger partial charge on any atom is -0.484 e. The Morgan fingerprint density at radius 3 is 2.31 bits per heavy atom. The van der Waals surface area contributed by atoms with Crippen LogP contribution < -0.4 is 4.74 Å². The molecular weight excluding hydrogens is 334 g/mol. The van der Waals surface area contributed by atoms with Crippen LogP contribution in [0.4, 0.5) is 4.79 Å². The van der Waals surface area contributed by atoms with Crippen molar-refractivity contribution < 1.29 is 19.1 Å². The lowest BCUT2D eigenvalue weighted by molar-refractivity contribution is -0.135. The lowest BCUT2D eigenvalue weighted by atomic mass is 10.2. The van der Waals surface area contributed by atoms with Crippen LogP contribution in [0.1, 0.15) is 19.4 Å². The van der Waals surface area contributed by atoms with Crippen LogP contribution in [-0.2, 0) is 16.0 Å². The van der Waals surface area contributed by atoms with Crippen molar-refractivity contribution in [2.75, 3.05) is 39.4 Å². The molecule has 140 valence electrons. The molecule has 1 fully saturated rings. The quantitative estimate of drug-likeness (QED) is 0.776. The summed E-state index contributed by atoms with van der Waals surface area (Å²) in [4.78, 5) is 27.5. The van der Waals surface area contributed by atoms with Gasteiger partial charge in [-0.15, -0.1) is 0 Å². The van der Waals surface area contributed by atoms with E-state index < -0.39 is 0 Å². The van der Waals surface area contributed by atoms with Gasteiger partial charge < -0.3 is 19.3 Å². The molecule has 7 heteroatoms. The molecule has 1 aliphatic heterocycles. The van der Waals surface area contributed by atoms with E-state index >= 15 is 0 Å². The van der Waals surface area contributed by atoms with Crippen LogP contribution in [0.15, 0.2) is 24.3 Å². The van der Waals surface area contributed by atoms with Crippen LogP contribution >= 0.6 is 0 Å². The normalized spacial score (nSPS) is 14.1. The second kappa shape index (κ2) is 9.66. The molecule has 0 unspecified atom stereocenters. The fourth-order valence-corrected chi connectivity index (χ4v) is 2.50. The highest BCUT2D eigenvalue weighted by Gasteiger charge is 2.25. The number of piperazine rings is 1. The largest absolute Gasteiger partial charge is 0.484 e. The van der Waals surface area contributed by atoms with Gasteiger partial charge in [0.1, 0.15) is 5.75 Å². The molecule has 2 amide bonds. The van der Waals surface area contributed by atoms with Crippen molar-refractivity contribution in [1.82, 2.24) is 9.80 Å².